The quantitative estimate of drug-likeness (QED) is 0.697. The fraction of sp³-hybridized carbons (Fsp3) is 1.00. The van der Waals surface area contributed by atoms with Crippen LogP contribution in [0, 0.1) is 11.8 Å². The molecular weight excluding hydrogens is 176 g/mol. The van der Waals surface area contributed by atoms with Crippen LogP contribution >= 0.6 is 0 Å². The van der Waals surface area contributed by atoms with Crippen LogP contribution < -0.4 is 10.6 Å². The van der Waals surface area contributed by atoms with Crippen LogP contribution in [0.4, 0.5) is 0 Å². The lowest BCUT2D eigenvalue weighted by Crippen LogP contribution is -2.43. The number of hydrogen-bond donors (Lipinski definition) is 2. The Morgan fingerprint density at radius 2 is 2.07 bits per heavy atom. The van der Waals surface area contributed by atoms with E-state index in [4.69, 9.17) is 4.74 Å². The van der Waals surface area contributed by atoms with Gasteiger partial charge in [-0.2, -0.15) is 0 Å². The summed E-state index contributed by atoms with van der Waals surface area (Å²) in [4.78, 5) is 0. The number of rotatable bonds is 3. The maximum atomic E-state index is 5.21. The van der Waals surface area contributed by atoms with Crippen LogP contribution in [0.3, 0.4) is 0 Å². The summed E-state index contributed by atoms with van der Waals surface area (Å²) in [5.41, 5.74) is 0. The van der Waals surface area contributed by atoms with Crippen molar-refractivity contribution in [1.29, 1.82) is 0 Å². The van der Waals surface area contributed by atoms with Gasteiger partial charge in [-0.3, -0.25) is 0 Å². The fourth-order valence-corrected chi connectivity index (χ4v) is 2.88. The van der Waals surface area contributed by atoms with E-state index < -0.39 is 0 Å². The third kappa shape index (κ3) is 2.47. The van der Waals surface area contributed by atoms with Gasteiger partial charge in [-0.25, -0.2) is 0 Å². The molecule has 2 aliphatic rings. The molecule has 0 amide bonds. The summed E-state index contributed by atoms with van der Waals surface area (Å²) in [6.07, 6.45) is 4.04. The van der Waals surface area contributed by atoms with Gasteiger partial charge < -0.3 is 15.4 Å². The molecule has 3 nitrogen and oxygen atoms in total. The normalized spacial score (nSPS) is 38.8. The van der Waals surface area contributed by atoms with Gasteiger partial charge in [0, 0.05) is 13.2 Å². The molecule has 0 saturated carbocycles. The SMILES string of the molecule is COCC1CC(C2CCNC2)CCN1. The molecule has 0 aromatic rings. The summed E-state index contributed by atoms with van der Waals surface area (Å²) in [5, 5.41) is 6.99. The lowest BCUT2D eigenvalue weighted by molar-refractivity contribution is 0.126. The van der Waals surface area contributed by atoms with E-state index >= 15 is 0 Å². The Morgan fingerprint density at radius 3 is 2.79 bits per heavy atom. The Hall–Kier alpha value is -0.120. The molecule has 2 fully saturated rings. The minimum atomic E-state index is 0.597. The first-order valence-corrected chi connectivity index (χ1v) is 5.83. The van der Waals surface area contributed by atoms with E-state index in [1.165, 1.54) is 38.9 Å². The summed E-state index contributed by atoms with van der Waals surface area (Å²) in [6, 6.07) is 0.597. The number of piperidine rings is 1. The highest BCUT2D eigenvalue weighted by Crippen LogP contribution is 2.28. The lowest BCUT2D eigenvalue weighted by atomic mass is 9.81. The Morgan fingerprint density at radius 1 is 1.21 bits per heavy atom. The molecule has 2 N–H and O–H groups in total. The van der Waals surface area contributed by atoms with E-state index in [9.17, 15) is 0 Å². The first-order valence-electron chi connectivity index (χ1n) is 5.83. The average molecular weight is 198 g/mol. The Kier molecular flexibility index (Phi) is 3.79. The van der Waals surface area contributed by atoms with Crippen LogP contribution in [0.15, 0.2) is 0 Å². The minimum absolute atomic E-state index is 0.597. The second-order valence-corrected chi connectivity index (χ2v) is 4.64. The van der Waals surface area contributed by atoms with Crippen LogP contribution in [-0.2, 0) is 4.74 Å². The van der Waals surface area contributed by atoms with E-state index in [1.54, 1.807) is 7.11 Å². The molecule has 2 aliphatic heterocycles. The zero-order valence-electron chi connectivity index (χ0n) is 9.09. The number of nitrogens with one attached hydrogen (secondary N) is 2. The standard InChI is InChI=1S/C11H22N2O/c1-14-8-11-6-9(3-5-13-11)10-2-4-12-7-10/h9-13H,2-8H2,1H3. The van der Waals surface area contributed by atoms with Crippen molar-refractivity contribution in [2.75, 3.05) is 33.4 Å². The number of methoxy groups -OCH3 is 1. The van der Waals surface area contributed by atoms with Crippen molar-refractivity contribution in [2.45, 2.75) is 25.3 Å². The summed E-state index contributed by atoms with van der Waals surface area (Å²) in [6.45, 7) is 4.51. The van der Waals surface area contributed by atoms with Gasteiger partial charge in [-0.1, -0.05) is 0 Å². The van der Waals surface area contributed by atoms with E-state index in [-0.39, 0.29) is 0 Å². The zero-order chi connectivity index (χ0) is 9.80. The minimum Gasteiger partial charge on any atom is -0.383 e. The molecule has 82 valence electrons. The summed E-state index contributed by atoms with van der Waals surface area (Å²) in [5.74, 6) is 1.85. The molecule has 14 heavy (non-hydrogen) atoms. The molecule has 0 aliphatic carbocycles. The molecule has 0 aromatic carbocycles. The van der Waals surface area contributed by atoms with E-state index in [2.05, 4.69) is 10.6 Å². The monoisotopic (exact) mass is 198 g/mol. The second-order valence-electron chi connectivity index (χ2n) is 4.64. The fourth-order valence-electron chi connectivity index (χ4n) is 2.88. The number of hydrogen-bond acceptors (Lipinski definition) is 3. The Labute approximate surface area is 86.6 Å². The van der Waals surface area contributed by atoms with Crippen molar-refractivity contribution >= 4 is 0 Å². The molecule has 2 rings (SSSR count). The van der Waals surface area contributed by atoms with E-state index in [0.717, 1.165) is 18.4 Å². The van der Waals surface area contributed by atoms with Gasteiger partial charge >= 0.3 is 0 Å². The van der Waals surface area contributed by atoms with Crippen LogP contribution in [0.1, 0.15) is 19.3 Å². The molecule has 2 saturated heterocycles. The molecule has 0 aromatic heterocycles. The lowest BCUT2D eigenvalue weighted by Gasteiger charge is -2.33. The van der Waals surface area contributed by atoms with E-state index in [0.29, 0.717) is 6.04 Å². The maximum Gasteiger partial charge on any atom is 0.0615 e. The van der Waals surface area contributed by atoms with Gasteiger partial charge in [0.1, 0.15) is 0 Å². The van der Waals surface area contributed by atoms with Gasteiger partial charge in [0.05, 0.1) is 6.61 Å². The number of ether oxygens (including phenoxy) is 1. The van der Waals surface area contributed by atoms with Crippen molar-refractivity contribution in [2.24, 2.45) is 11.8 Å². The van der Waals surface area contributed by atoms with Crippen LogP contribution in [0.5, 0.6) is 0 Å². The summed E-state index contributed by atoms with van der Waals surface area (Å²) in [7, 11) is 1.79. The third-order valence-electron chi connectivity index (χ3n) is 3.67. The maximum absolute atomic E-state index is 5.21. The smallest absolute Gasteiger partial charge is 0.0615 e. The predicted molar refractivity (Wildman–Crippen MR) is 57.4 cm³/mol. The molecule has 0 radical (unpaired) electrons. The second kappa shape index (κ2) is 5.10. The van der Waals surface area contributed by atoms with Crippen molar-refractivity contribution in [3.05, 3.63) is 0 Å². The summed E-state index contributed by atoms with van der Waals surface area (Å²) >= 11 is 0. The van der Waals surface area contributed by atoms with Gasteiger partial charge in [0.2, 0.25) is 0 Å². The van der Waals surface area contributed by atoms with Crippen LogP contribution in [-0.4, -0.2) is 39.4 Å². The topological polar surface area (TPSA) is 33.3 Å². The Bertz CT molecular complexity index is 167. The first kappa shape index (κ1) is 10.4. The molecule has 3 heteroatoms. The highest BCUT2D eigenvalue weighted by Gasteiger charge is 2.29. The van der Waals surface area contributed by atoms with Crippen molar-refractivity contribution in [3.63, 3.8) is 0 Å². The zero-order valence-corrected chi connectivity index (χ0v) is 9.09. The molecule has 3 atom stereocenters. The average Bonchev–Trinajstić information content (AvgIpc) is 2.71. The van der Waals surface area contributed by atoms with Gasteiger partial charge in [-0.15, -0.1) is 0 Å². The van der Waals surface area contributed by atoms with E-state index in [1.807, 2.05) is 0 Å². The third-order valence-corrected chi connectivity index (χ3v) is 3.67. The first-order chi connectivity index (χ1) is 6.90. The highest BCUT2D eigenvalue weighted by atomic mass is 16.5. The van der Waals surface area contributed by atoms with Gasteiger partial charge in [0.15, 0.2) is 0 Å². The van der Waals surface area contributed by atoms with Crippen LogP contribution in [0.2, 0.25) is 0 Å². The van der Waals surface area contributed by atoms with Gasteiger partial charge in [0.25, 0.3) is 0 Å². The molecular formula is C11H22N2O. The molecule has 2 heterocycles. The predicted octanol–water partition coefficient (Wildman–Crippen LogP) is 0.611. The Balaban J connectivity index is 1.80. The molecule has 0 spiro atoms. The highest BCUT2D eigenvalue weighted by molar-refractivity contribution is 4.85. The molecule has 0 bridgehead atoms. The van der Waals surface area contributed by atoms with Crippen LogP contribution in [0.25, 0.3) is 0 Å². The summed E-state index contributed by atoms with van der Waals surface area (Å²) < 4.78 is 5.21. The van der Waals surface area contributed by atoms with Crippen molar-refractivity contribution in [1.82, 2.24) is 10.6 Å². The molecule has 3 unspecified atom stereocenters. The van der Waals surface area contributed by atoms with Crippen molar-refractivity contribution < 1.29 is 4.74 Å². The largest absolute Gasteiger partial charge is 0.383 e. The van der Waals surface area contributed by atoms with Gasteiger partial charge in [-0.05, 0) is 50.7 Å². The van der Waals surface area contributed by atoms with Crippen molar-refractivity contribution in [3.8, 4) is 0 Å².